The molecule has 0 saturated heterocycles. The highest BCUT2D eigenvalue weighted by atomic mass is 35.5. The minimum atomic E-state index is 0.272. The minimum Gasteiger partial charge on any atom is -0.389 e. The van der Waals surface area contributed by atoms with Gasteiger partial charge in [0.15, 0.2) is 0 Å². The molecule has 106 valence electrons. The van der Waals surface area contributed by atoms with E-state index in [1.165, 1.54) is 4.88 Å². The van der Waals surface area contributed by atoms with Crippen molar-refractivity contribution in [2.24, 2.45) is 5.73 Å². The molecule has 2 rings (SSSR count). The maximum Gasteiger partial charge on any atom is 0.106 e. The van der Waals surface area contributed by atoms with Gasteiger partial charge in [0, 0.05) is 21.2 Å². The molecule has 0 bridgehead atoms. The maximum atomic E-state index is 6.02. The first-order valence-electron chi connectivity index (χ1n) is 6.51. The number of hydrogen-bond donors (Lipinski definition) is 2. The molecule has 0 aliphatic rings. The third-order valence-corrected chi connectivity index (χ3v) is 4.48. The van der Waals surface area contributed by atoms with Crippen LogP contribution in [0.25, 0.3) is 0 Å². The topological polar surface area (TPSA) is 38.0 Å². The van der Waals surface area contributed by atoms with Gasteiger partial charge < -0.3 is 11.1 Å². The van der Waals surface area contributed by atoms with Crippen LogP contribution >= 0.6 is 35.2 Å². The summed E-state index contributed by atoms with van der Waals surface area (Å²) in [5, 5.41) is 6.28. The third-order valence-electron chi connectivity index (χ3n) is 3.04. The van der Waals surface area contributed by atoms with Crippen LogP contribution in [-0.4, -0.2) is 4.99 Å². The lowest BCUT2D eigenvalue weighted by Crippen LogP contribution is -2.16. The van der Waals surface area contributed by atoms with Crippen LogP contribution in [-0.2, 0) is 0 Å². The monoisotopic (exact) mass is 324 g/mol. The first kappa shape index (κ1) is 15.3. The maximum absolute atomic E-state index is 6.02. The Hall–Kier alpha value is -1.10. The molecule has 0 amide bonds. The molecular formula is C15H17ClN2S2. The summed E-state index contributed by atoms with van der Waals surface area (Å²) < 4.78 is 0. The van der Waals surface area contributed by atoms with E-state index in [9.17, 15) is 0 Å². The zero-order valence-corrected chi connectivity index (χ0v) is 13.6. The van der Waals surface area contributed by atoms with Gasteiger partial charge in [-0.2, -0.15) is 0 Å². The van der Waals surface area contributed by atoms with Gasteiger partial charge in [0.25, 0.3) is 0 Å². The van der Waals surface area contributed by atoms with E-state index in [1.54, 1.807) is 11.3 Å². The number of halogens is 1. The quantitative estimate of drug-likeness (QED) is 0.735. The zero-order chi connectivity index (χ0) is 14.5. The molecule has 5 heteroatoms. The van der Waals surface area contributed by atoms with E-state index in [0.717, 1.165) is 24.1 Å². The van der Waals surface area contributed by atoms with E-state index >= 15 is 0 Å². The molecule has 0 saturated carbocycles. The van der Waals surface area contributed by atoms with E-state index in [1.807, 2.05) is 18.2 Å². The highest BCUT2D eigenvalue weighted by molar-refractivity contribution is 7.80. The molecule has 20 heavy (non-hydrogen) atoms. The fraction of sp³-hybridized carbons (Fsp3) is 0.267. The third kappa shape index (κ3) is 3.72. The normalized spacial score (nSPS) is 12.1. The van der Waals surface area contributed by atoms with Crippen LogP contribution in [0.5, 0.6) is 0 Å². The van der Waals surface area contributed by atoms with Gasteiger partial charge in [0.1, 0.15) is 4.99 Å². The van der Waals surface area contributed by atoms with E-state index in [0.29, 0.717) is 10.0 Å². The lowest BCUT2D eigenvalue weighted by atomic mass is 10.1. The van der Waals surface area contributed by atoms with Gasteiger partial charge in [0.2, 0.25) is 0 Å². The van der Waals surface area contributed by atoms with Crippen LogP contribution in [0.3, 0.4) is 0 Å². The standard InChI is InChI=1S/C15H17ClN2S2/c1-2-4-13(14-5-3-8-20-14)18-12-7-6-10(16)9-11(12)15(17)19/h3,5-9,13,18H,2,4H2,1H3,(H2,17,19). The first-order chi connectivity index (χ1) is 9.61. The molecule has 1 heterocycles. The van der Waals surface area contributed by atoms with Crippen LogP contribution in [0.2, 0.25) is 5.02 Å². The number of thiophene rings is 1. The molecule has 1 unspecified atom stereocenters. The number of anilines is 1. The van der Waals surface area contributed by atoms with Crippen LogP contribution in [0.15, 0.2) is 35.7 Å². The van der Waals surface area contributed by atoms with Crippen LogP contribution in [0.4, 0.5) is 5.69 Å². The molecule has 3 N–H and O–H groups in total. The molecule has 0 aliphatic heterocycles. The number of rotatable bonds is 6. The summed E-state index contributed by atoms with van der Waals surface area (Å²) >= 11 is 12.9. The molecule has 0 aliphatic carbocycles. The number of nitrogens with one attached hydrogen (secondary N) is 1. The summed E-state index contributed by atoms with van der Waals surface area (Å²) in [5.74, 6) is 0. The van der Waals surface area contributed by atoms with Gasteiger partial charge in [-0.05, 0) is 36.1 Å². The lowest BCUT2D eigenvalue weighted by Gasteiger charge is -2.20. The number of benzene rings is 1. The average Bonchev–Trinajstić information content (AvgIpc) is 2.93. The highest BCUT2D eigenvalue weighted by Gasteiger charge is 2.14. The Morgan fingerprint density at radius 1 is 1.45 bits per heavy atom. The second kappa shape index (κ2) is 7.07. The summed E-state index contributed by atoms with van der Waals surface area (Å²) in [5.41, 5.74) is 7.52. The molecule has 0 fully saturated rings. The minimum absolute atomic E-state index is 0.272. The molecule has 1 aromatic carbocycles. The van der Waals surface area contributed by atoms with Crippen molar-refractivity contribution in [3.05, 3.63) is 51.2 Å². The second-order valence-corrected chi connectivity index (χ2v) is 6.41. The summed E-state index contributed by atoms with van der Waals surface area (Å²) in [6, 6.07) is 10.1. The van der Waals surface area contributed by atoms with E-state index < -0.39 is 0 Å². The van der Waals surface area contributed by atoms with E-state index in [4.69, 9.17) is 29.6 Å². The first-order valence-corrected chi connectivity index (χ1v) is 8.17. The molecule has 1 aromatic heterocycles. The van der Waals surface area contributed by atoms with Crippen molar-refractivity contribution < 1.29 is 0 Å². The predicted octanol–water partition coefficient (Wildman–Crippen LogP) is 4.99. The second-order valence-electron chi connectivity index (χ2n) is 4.56. The number of hydrogen-bond acceptors (Lipinski definition) is 3. The van der Waals surface area contributed by atoms with Gasteiger partial charge >= 0.3 is 0 Å². The Labute approximate surface area is 134 Å². The highest BCUT2D eigenvalue weighted by Crippen LogP contribution is 2.30. The van der Waals surface area contributed by atoms with Crippen LogP contribution in [0.1, 0.15) is 36.2 Å². The molecular weight excluding hydrogens is 308 g/mol. The Morgan fingerprint density at radius 3 is 2.85 bits per heavy atom. The van der Waals surface area contributed by atoms with Crippen molar-refractivity contribution in [3.8, 4) is 0 Å². The molecule has 0 spiro atoms. The molecule has 2 nitrogen and oxygen atoms in total. The van der Waals surface area contributed by atoms with Crippen molar-refractivity contribution in [1.82, 2.24) is 0 Å². The molecule has 2 aromatic rings. The molecule has 0 radical (unpaired) electrons. The fourth-order valence-corrected chi connectivity index (χ4v) is 3.25. The Kier molecular flexibility index (Phi) is 5.40. The van der Waals surface area contributed by atoms with E-state index in [-0.39, 0.29) is 6.04 Å². The smallest absolute Gasteiger partial charge is 0.106 e. The zero-order valence-electron chi connectivity index (χ0n) is 11.2. The van der Waals surface area contributed by atoms with Crippen molar-refractivity contribution in [2.75, 3.05) is 5.32 Å². The largest absolute Gasteiger partial charge is 0.389 e. The number of thiocarbonyl (C=S) groups is 1. The summed E-state index contributed by atoms with van der Waals surface area (Å²) in [7, 11) is 0. The van der Waals surface area contributed by atoms with Crippen LogP contribution in [0, 0.1) is 0 Å². The lowest BCUT2D eigenvalue weighted by molar-refractivity contribution is 0.687. The van der Waals surface area contributed by atoms with Gasteiger partial charge in [-0.25, -0.2) is 0 Å². The van der Waals surface area contributed by atoms with Gasteiger partial charge in [-0.15, -0.1) is 11.3 Å². The Bertz CT molecular complexity index is 582. The Balaban J connectivity index is 2.29. The van der Waals surface area contributed by atoms with Gasteiger partial charge in [-0.1, -0.05) is 43.2 Å². The average molecular weight is 325 g/mol. The fourth-order valence-electron chi connectivity index (χ4n) is 2.10. The summed E-state index contributed by atoms with van der Waals surface area (Å²) in [6.07, 6.45) is 2.16. The summed E-state index contributed by atoms with van der Waals surface area (Å²) in [4.78, 5) is 1.67. The van der Waals surface area contributed by atoms with Gasteiger partial charge in [-0.3, -0.25) is 0 Å². The summed E-state index contributed by atoms with van der Waals surface area (Å²) in [6.45, 7) is 2.18. The predicted molar refractivity (Wildman–Crippen MR) is 92.9 cm³/mol. The van der Waals surface area contributed by atoms with Crippen molar-refractivity contribution >= 4 is 45.8 Å². The van der Waals surface area contributed by atoms with Gasteiger partial charge in [0.05, 0.1) is 6.04 Å². The van der Waals surface area contributed by atoms with Crippen molar-refractivity contribution in [1.29, 1.82) is 0 Å². The number of nitrogens with two attached hydrogens (primary N) is 1. The molecule has 1 atom stereocenters. The SMILES string of the molecule is CCCC(Nc1ccc(Cl)cc1C(N)=S)c1cccs1. The van der Waals surface area contributed by atoms with Crippen molar-refractivity contribution in [2.45, 2.75) is 25.8 Å². The van der Waals surface area contributed by atoms with Crippen molar-refractivity contribution in [3.63, 3.8) is 0 Å². The Morgan fingerprint density at radius 2 is 2.25 bits per heavy atom. The van der Waals surface area contributed by atoms with Crippen LogP contribution < -0.4 is 11.1 Å². The van der Waals surface area contributed by atoms with E-state index in [2.05, 4.69) is 29.8 Å².